The zero-order chi connectivity index (χ0) is 10.4. The molecule has 1 unspecified atom stereocenters. The van der Waals surface area contributed by atoms with Crippen molar-refractivity contribution in [3.8, 4) is 0 Å². The van der Waals surface area contributed by atoms with E-state index in [4.69, 9.17) is 0 Å². The molecule has 1 N–H and O–H groups in total. The number of hydrogen-bond donors (Lipinski definition) is 1. The predicted molar refractivity (Wildman–Crippen MR) is 52.6 cm³/mol. The number of nitrogens with one attached hydrogen (secondary N) is 1. The molecular formula is C9H20N2O2. The van der Waals surface area contributed by atoms with Gasteiger partial charge in [-0.05, 0) is 14.1 Å². The number of ether oxygens (including phenoxy) is 1. The molecule has 0 aromatic rings. The van der Waals surface area contributed by atoms with E-state index in [1.54, 1.807) is 0 Å². The predicted octanol–water partition coefficient (Wildman–Crippen LogP) is 0.0876. The number of carbonyl (C=O) groups is 1. The third kappa shape index (κ3) is 5.60. The van der Waals surface area contributed by atoms with E-state index in [9.17, 15) is 4.79 Å². The Labute approximate surface area is 80.2 Å². The standard InChI is InChI=1S/C9H20N2O2/c1-7(2)10-8(6-11(3)4)9(12)13-5/h7-8,10H,6H2,1-5H3. The van der Waals surface area contributed by atoms with Gasteiger partial charge in [-0.3, -0.25) is 4.79 Å². The van der Waals surface area contributed by atoms with E-state index < -0.39 is 0 Å². The zero-order valence-corrected chi connectivity index (χ0v) is 9.13. The first-order chi connectivity index (χ1) is 5.97. The first-order valence-electron chi connectivity index (χ1n) is 4.46. The lowest BCUT2D eigenvalue weighted by Crippen LogP contribution is -2.47. The van der Waals surface area contributed by atoms with Crippen LogP contribution in [0.15, 0.2) is 0 Å². The van der Waals surface area contributed by atoms with Crippen LogP contribution in [0.2, 0.25) is 0 Å². The second-order valence-electron chi connectivity index (χ2n) is 3.66. The Morgan fingerprint density at radius 1 is 1.46 bits per heavy atom. The van der Waals surface area contributed by atoms with E-state index in [1.165, 1.54) is 7.11 Å². The van der Waals surface area contributed by atoms with Gasteiger partial charge in [-0.25, -0.2) is 0 Å². The van der Waals surface area contributed by atoms with Crippen LogP contribution < -0.4 is 5.32 Å². The normalized spacial score (nSPS) is 13.5. The number of methoxy groups -OCH3 is 1. The Balaban J connectivity index is 4.10. The van der Waals surface area contributed by atoms with E-state index in [2.05, 4.69) is 10.1 Å². The van der Waals surface area contributed by atoms with Crippen molar-refractivity contribution in [2.24, 2.45) is 0 Å². The molecule has 0 aliphatic heterocycles. The minimum absolute atomic E-state index is 0.206. The van der Waals surface area contributed by atoms with Crippen LogP contribution in [-0.4, -0.2) is 50.7 Å². The number of likely N-dealkylation sites (N-methyl/N-ethyl adjacent to an activating group) is 1. The molecule has 0 radical (unpaired) electrons. The number of nitrogens with zero attached hydrogens (tertiary/aromatic N) is 1. The topological polar surface area (TPSA) is 41.6 Å². The van der Waals surface area contributed by atoms with Crippen molar-refractivity contribution in [1.82, 2.24) is 10.2 Å². The SMILES string of the molecule is COC(=O)C(CN(C)C)NC(C)C. The number of carbonyl (C=O) groups excluding carboxylic acids is 1. The fourth-order valence-electron chi connectivity index (χ4n) is 1.11. The molecule has 0 aliphatic rings. The van der Waals surface area contributed by atoms with Crippen LogP contribution in [0.5, 0.6) is 0 Å². The first-order valence-corrected chi connectivity index (χ1v) is 4.46. The Hall–Kier alpha value is -0.610. The average molecular weight is 188 g/mol. The van der Waals surface area contributed by atoms with Crippen molar-refractivity contribution in [2.75, 3.05) is 27.7 Å². The minimum Gasteiger partial charge on any atom is -0.468 e. The summed E-state index contributed by atoms with van der Waals surface area (Å²) in [6.45, 7) is 4.67. The van der Waals surface area contributed by atoms with Crippen LogP contribution in [0.1, 0.15) is 13.8 Å². The van der Waals surface area contributed by atoms with Crippen molar-refractivity contribution in [1.29, 1.82) is 0 Å². The lowest BCUT2D eigenvalue weighted by atomic mass is 10.2. The highest BCUT2D eigenvalue weighted by Gasteiger charge is 2.19. The van der Waals surface area contributed by atoms with Crippen molar-refractivity contribution in [3.63, 3.8) is 0 Å². The number of hydrogen-bond acceptors (Lipinski definition) is 4. The second-order valence-corrected chi connectivity index (χ2v) is 3.66. The van der Waals surface area contributed by atoms with Crippen molar-refractivity contribution < 1.29 is 9.53 Å². The summed E-state index contributed by atoms with van der Waals surface area (Å²) in [7, 11) is 5.27. The molecule has 4 nitrogen and oxygen atoms in total. The van der Waals surface area contributed by atoms with Gasteiger partial charge in [0.25, 0.3) is 0 Å². The molecule has 4 heteroatoms. The van der Waals surface area contributed by atoms with Gasteiger partial charge in [0.2, 0.25) is 0 Å². The van der Waals surface area contributed by atoms with Crippen LogP contribution >= 0.6 is 0 Å². The molecule has 78 valence electrons. The molecule has 0 spiro atoms. The molecule has 1 atom stereocenters. The molecule has 0 aromatic carbocycles. The maximum absolute atomic E-state index is 11.3. The van der Waals surface area contributed by atoms with Gasteiger partial charge in [0.05, 0.1) is 7.11 Å². The summed E-state index contributed by atoms with van der Waals surface area (Å²) in [6.07, 6.45) is 0. The van der Waals surface area contributed by atoms with Gasteiger partial charge in [-0.1, -0.05) is 13.8 Å². The van der Waals surface area contributed by atoms with Crippen molar-refractivity contribution >= 4 is 5.97 Å². The van der Waals surface area contributed by atoms with Crippen LogP contribution in [0.4, 0.5) is 0 Å². The number of esters is 1. The van der Waals surface area contributed by atoms with Crippen molar-refractivity contribution in [2.45, 2.75) is 25.9 Å². The molecule has 0 fully saturated rings. The molecule has 0 amide bonds. The summed E-state index contributed by atoms with van der Waals surface area (Å²) in [5, 5.41) is 3.15. The minimum atomic E-state index is -0.236. The Kier molecular flexibility index (Phi) is 5.66. The summed E-state index contributed by atoms with van der Waals surface area (Å²) in [4.78, 5) is 13.2. The molecular weight excluding hydrogens is 168 g/mol. The fourth-order valence-corrected chi connectivity index (χ4v) is 1.11. The average Bonchev–Trinajstić information content (AvgIpc) is 2.00. The quantitative estimate of drug-likeness (QED) is 0.621. The van der Waals surface area contributed by atoms with E-state index in [0.717, 1.165) is 0 Å². The van der Waals surface area contributed by atoms with Gasteiger partial charge in [0.15, 0.2) is 0 Å². The van der Waals surface area contributed by atoms with Gasteiger partial charge in [0, 0.05) is 12.6 Å². The van der Waals surface area contributed by atoms with E-state index in [1.807, 2.05) is 32.8 Å². The van der Waals surface area contributed by atoms with Crippen LogP contribution in [0.3, 0.4) is 0 Å². The van der Waals surface area contributed by atoms with Crippen LogP contribution in [0, 0.1) is 0 Å². The summed E-state index contributed by atoms with van der Waals surface area (Å²) in [5.74, 6) is -0.206. The smallest absolute Gasteiger partial charge is 0.324 e. The summed E-state index contributed by atoms with van der Waals surface area (Å²) >= 11 is 0. The van der Waals surface area contributed by atoms with E-state index in [0.29, 0.717) is 6.54 Å². The van der Waals surface area contributed by atoms with E-state index >= 15 is 0 Å². The van der Waals surface area contributed by atoms with Gasteiger partial charge in [0.1, 0.15) is 6.04 Å². The highest BCUT2D eigenvalue weighted by molar-refractivity contribution is 5.75. The van der Waals surface area contributed by atoms with Crippen LogP contribution in [0.25, 0.3) is 0 Å². The molecule has 0 saturated carbocycles. The monoisotopic (exact) mass is 188 g/mol. The Morgan fingerprint density at radius 2 is 2.00 bits per heavy atom. The molecule has 0 saturated heterocycles. The fraction of sp³-hybridized carbons (Fsp3) is 0.889. The highest BCUT2D eigenvalue weighted by atomic mass is 16.5. The van der Waals surface area contributed by atoms with Gasteiger partial charge in [-0.2, -0.15) is 0 Å². The van der Waals surface area contributed by atoms with Crippen molar-refractivity contribution in [3.05, 3.63) is 0 Å². The maximum Gasteiger partial charge on any atom is 0.324 e. The molecule has 0 aromatic heterocycles. The van der Waals surface area contributed by atoms with E-state index in [-0.39, 0.29) is 18.1 Å². The largest absolute Gasteiger partial charge is 0.468 e. The third-order valence-electron chi connectivity index (χ3n) is 1.57. The second kappa shape index (κ2) is 5.94. The summed E-state index contributed by atoms with van der Waals surface area (Å²) in [6, 6.07) is 0.0454. The molecule has 0 rings (SSSR count). The summed E-state index contributed by atoms with van der Waals surface area (Å²) < 4.78 is 4.69. The van der Waals surface area contributed by atoms with Crippen LogP contribution in [-0.2, 0) is 9.53 Å². The Bertz CT molecular complexity index is 148. The van der Waals surface area contributed by atoms with Gasteiger partial charge in [-0.15, -0.1) is 0 Å². The zero-order valence-electron chi connectivity index (χ0n) is 9.13. The molecule has 0 aliphatic carbocycles. The van der Waals surface area contributed by atoms with Gasteiger partial charge < -0.3 is 15.0 Å². The Morgan fingerprint density at radius 3 is 2.31 bits per heavy atom. The lowest BCUT2D eigenvalue weighted by molar-refractivity contribution is -0.143. The molecule has 0 heterocycles. The number of rotatable bonds is 5. The van der Waals surface area contributed by atoms with Gasteiger partial charge >= 0.3 is 5.97 Å². The highest BCUT2D eigenvalue weighted by Crippen LogP contribution is 1.93. The summed E-state index contributed by atoms with van der Waals surface area (Å²) in [5.41, 5.74) is 0. The molecule has 0 bridgehead atoms. The maximum atomic E-state index is 11.3. The first kappa shape index (κ1) is 12.4. The third-order valence-corrected chi connectivity index (χ3v) is 1.57. The molecule has 13 heavy (non-hydrogen) atoms. The lowest BCUT2D eigenvalue weighted by Gasteiger charge is -2.22.